The molecule has 5 heteroatoms. The molecule has 3 heterocycles. The second-order valence-corrected chi connectivity index (χ2v) is 13.9. The topological polar surface area (TPSA) is 43.2 Å². The summed E-state index contributed by atoms with van der Waals surface area (Å²) in [7, 11) is 0. The number of ether oxygens (including phenoxy) is 1. The summed E-state index contributed by atoms with van der Waals surface area (Å²) in [5.74, 6) is 3.15. The molecule has 1 aliphatic heterocycles. The number of aromatic nitrogens is 3. The fourth-order valence-corrected chi connectivity index (χ4v) is 7.95. The lowest BCUT2D eigenvalue weighted by atomic mass is 10.0. The number of nitrogens with zero attached hydrogens (tertiary/aromatic N) is 4. The number of anilines is 3. The van der Waals surface area contributed by atoms with Gasteiger partial charge in [-0.1, -0.05) is 133 Å². The first-order chi connectivity index (χ1) is 27.2. The molecule has 0 bridgehead atoms. The molecule has 0 amide bonds. The fourth-order valence-electron chi connectivity index (χ4n) is 7.95. The van der Waals surface area contributed by atoms with Gasteiger partial charge in [-0.25, -0.2) is 9.97 Å². The molecule has 0 N–H and O–H groups in total. The van der Waals surface area contributed by atoms with Crippen molar-refractivity contribution in [3.8, 4) is 51.1 Å². The minimum absolute atomic E-state index is 0.688. The number of fused-ring (bicyclic) bond motifs is 6. The molecule has 0 fully saturated rings. The smallest absolute Gasteiger partial charge is 0.162 e. The fraction of sp³-hybridized carbons (Fsp3) is 0. The summed E-state index contributed by atoms with van der Waals surface area (Å²) < 4.78 is 8.90. The van der Waals surface area contributed by atoms with E-state index in [9.17, 15) is 0 Å². The van der Waals surface area contributed by atoms with Gasteiger partial charge in [0.2, 0.25) is 0 Å². The molecular formula is C50H32N4O. The molecule has 1 aliphatic rings. The van der Waals surface area contributed by atoms with Gasteiger partial charge in [0.25, 0.3) is 0 Å². The van der Waals surface area contributed by atoms with Crippen LogP contribution in [-0.2, 0) is 0 Å². The van der Waals surface area contributed by atoms with Gasteiger partial charge in [0.15, 0.2) is 17.3 Å². The summed E-state index contributed by atoms with van der Waals surface area (Å²) in [5, 5.41) is 4.72. The first-order valence-electron chi connectivity index (χ1n) is 18.5. The number of rotatable bonds is 5. The second-order valence-electron chi connectivity index (χ2n) is 13.9. The van der Waals surface area contributed by atoms with Gasteiger partial charge in [0.1, 0.15) is 5.82 Å². The number of para-hydroxylation sites is 3. The van der Waals surface area contributed by atoms with E-state index >= 15 is 0 Å². The molecule has 55 heavy (non-hydrogen) atoms. The molecule has 0 saturated carbocycles. The number of hydrogen-bond donors (Lipinski definition) is 0. The predicted molar refractivity (Wildman–Crippen MR) is 225 cm³/mol. The van der Waals surface area contributed by atoms with Crippen molar-refractivity contribution < 1.29 is 4.74 Å². The minimum Gasteiger partial charge on any atom is -0.453 e. The average molecular weight is 705 g/mol. The Balaban J connectivity index is 1.05. The van der Waals surface area contributed by atoms with Crippen LogP contribution in [0.3, 0.4) is 0 Å². The number of benzene rings is 8. The number of hydrogen-bond acceptors (Lipinski definition) is 4. The van der Waals surface area contributed by atoms with Gasteiger partial charge in [-0.2, -0.15) is 0 Å². The van der Waals surface area contributed by atoms with Gasteiger partial charge in [-0.05, 0) is 76.5 Å². The largest absolute Gasteiger partial charge is 0.453 e. The SMILES string of the molecule is c1ccc(-c2cc(-n3c4ccccc4c4cc(-c5ccc6c(c5)Oc5ccccc5N6c5ccc6ccccc6c5)ccc43)nc(-c3ccccc3)n2)cc1. The van der Waals surface area contributed by atoms with Gasteiger partial charge in [-0.3, -0.25) is 4.57 Å². The van der Waals surface area contributed by atoms with Crippen molar-refractivity contribution in [1.29, 1.82) is 0 Å². The molecule has 0 unspecified atom stereocenters. The van der Waals surface area contributed by atoms with Crippen LogP contribution in [0.2, 0.25) is 0 Å². The van der Waals surface area contributed by atoms with Crippen molar-refractivity contribution in [2.75, 3.05) is 4.90 Å². The maximum absolute atomic E-state index is 6.63. The van der Waals surface area contributed by atoms with Crippen molar-refractivity contribution in [1.82, 2.24) is 14.5 Å². The molecule has 0 spiro atoms. The van der Waals surface area contributed by atoms with Crippen LogP contribution < -0.4 is 9.64 Å². The normalized spacial score (nSPS) is 12.1. The molecule has 2 aromatic heterocycles. The van der Waals surface area contributed by atoms with E-state index in [-0.39, 0.29) is 0 Å². The molecule has 0 radical (unpaired) electrons. The maximum Gasteiger partial charge on any atom is 0.162 e. The van der Waals surface area contributed by atoms with Crippen LogP contribution >= 0.6 is 0 Å². The summed E-state index contributed by atoms with van der Waals surface area (Å²) in [6.45, 7) is 0. The van der Waals surface area contributed by atoms with Crippen molar-refractivity contribution in [2.24, 2.45) is 0 Å². The van der Waals surface area contributed by atoms with E-state index in [0.29, 0.717) is 5.82 Å². The Morgan fingerprint density at radius 2 is 1.07 bits per heavy atom. The van der Waals surface area contributed by atoms with Crippen molar-refractivity contribution in [3.63, 3.8) is 0 Å². The average Bonchev–Trinajstić information content (AvgIpc) is 3.59. The summed E-state index contributed by atoms with van der Waals surface area (Å²) in [4.78, 5) is 12.5. The zero-order chi connectivity index (χ0) is 36.3. The molecule has 10 aromatic rings. The van der Waals surface area contributed by atoms with Crippen molar-refractivity contribution >= 4 is 49.6 Å². The summed E-state index contributed by atoms with van der Waals surface area (Å²) in [6.07, 6.45) is 0. The van der Waals surface area contributed by atoms with Gasteiger partial charge in [0, 0.05) is 33.7 Å². The van der Waals surface area contributed by atoms with E-state index in [1.807, 2.05) is 48.5 Å². The first kappa shape index (κ1) is 31.1. The lowest BCUT2D eigenvalue weighted by Gasteiger charge is -2.33. The maximum atomic E-state index is 6.63. The molecule has 8 aromatic carbocycles. The Bertz CT molecular complexity index is 3020. The molecule has 11 rings (SSSR count). The summed E-state index contributed by atoms with van der Waals surface area (Å²) >= 11 is 0. The Labute approximate surface area is 318 Å². The third-order valence-corrected chi connectivity index (χ3v) is 10.6. The highest BCUT2D eigenvalue weighted by Gasteiger charge is 2.26. The zero-order valence-electron chi connectivity index (χ0n) is 29.7. The van der Waals surface area contributed by atoms with Crippen LogP contribution in [0.25, 0.3) is 72.2 Å². The van der Waals surface area contributed by atoms with E-state index in [4.69, 9.17) is 14.7 Å². The summed E-state index contributed by atoms with van der Waals surface area (Å²) in [5.41, 5.74) is 10.4. The molecular weight excluding hydrogens is 673 g/mol. The zero-order valence-corrected chi connectivity index (χ0v) is 29.7. The monoisotopic (exact) mass is 704 g/mol. The van der Waals surface area contributed by atoms with Crippen LogP contribution in [0, 0.1) is 0 Å². The Kier molecular flexibility index (Phi) is 7.10. The summed E-state index contributed by atoms with van der Waals surface area (Å²) in [6, 6.07) is 67.8. The highest BCUT2D eigenvalue weighted by atomic mass is 16.5. The van der Waals surface area contributed by atoms with Crippen LogP contribution in [0.1, 0.15) is 0 Å². The molecule has 0 atom stereocenters. The van der Waals surface area contributed by atoms with Gasteiger partial charge >= 0.3 is 0 Å². The molecule has 0 aliphatic carbocycles. The quantitative estimate of drug-likeness (QED) is 0.179. The van der Waals surface area contributed by atoms with Crippen molar-refractivity contribution in [2.45, 2.75) is 0 Å². The Morgan fingerprint density at radius 3 is 1.95 bits per heavy atom. The van der Waals surface area contributed by atoms with Gasteiger partial charge < -0.3 is 9.64 Å². The highest BCUT2D eigenvalue weighted by molar-refractivity contribution is 6.10. The van der Waals surface area contributed by atoms with E-state index in [1.54, 1.807) is 0 Å². The van der Waals surface area contributed by atoms with Gasteiger partial charge in [0.05, 0.1) is 28.1 Å². The molecule has 0 saturated heterocycles. The van der Waals surface area contributed by atoms with E-state index in [0.717, 1.165) is 84.1 Å². The van der Waals surface area contributed by atoms with Crippen LogP contribution in [-0.4, -0.2) is 14.5 Å². The van der Waals surface area contributed by atoms with E-state index in [2.05, 4.69) is 155 Å². The van der Waals surface area contributed by atoms with Crippen LogP contribution in [0.5, 0.6) is 11.5 Å². The lowest BCUT2D eigenvalue weighted by Crippen LogP contribution is -2.15. The molecule has 258 valence electrons. The minimum atomic E-state index is 0.688. The van der Waals surface area contributed by atoms with E-state index < -0.39 is 0 Å². The Hall–Kier alpha value is -7.50. The third-order valence-electron chi connectivity index (χ3n) is 10.6. The first-order valence-corrected chi connectivity index (χ1v) is 18.5. The standard InChI is InChI=1S/C50H32N4O/c1-3-14-34(15-4-1)42-32-49(52-50(51-42)35-16-5-2-6-17-35)54-43-20-10-9-19-40(43)41-30-37(24-27-44(41)54)38-25-28-46-48(31-38)55-47-22-12-11-21-45(47)53(46)39-26-23-33-13-7-8-18-36(33)29-39/h1-32H. The predicted octanol–water partition coefficient (Wildman–Crippen LogP) is 13.3. The van der Waals surface area contributed by atoms with Crippen LogP contribution in [0.4, 0.5) is 17.1 Å². The third kappa shape index (κ3) is 5.24. The lowest BCUT2D eigenvalue weighted by molar-refractivity contribution is 0.477. The van der Waals surface area contributed by atoms with Gasteiger partial charge in [-0.15, -0.1) is 0 Å². The van der Waals surface area contributed by atoms with Crippen molar-refractivity contribution in [3.05, 3.63) is 194 Å². The second kappa shape index (κ2) is 12.6. The Morgan fingerprint density at radius 1 is 0.400 bits per heavy atom. The highest BCUT2D eigenvalue weighted by Crippen LogP contribution is 2.51. The van der Waals surface area contributed by atoms with Crippen LogP contribution in [0.15, 0.2) is 194 Å². The molecule has 5 nitrogen and oxygen atoms in total. The van der Waals surface area contributed by atoms with E-state index in [1.165, 1.54) is 10.8 Å².